The highest BCUT2D eigenvalue weighted by Crippen LogP contribution is 2.40. The van der Waals surface area contributed by atoms with Gasteiger partial charge in [-0.15, -0.1) is 11.8 Å². The molecular weight excluding hydrogens is 553 g/mol. The maximum absolute atomic E-state index is 14.7. The molecule has 1 aromatic heterocycles. The lowest BCUT2D eigenvalue weighted by Crippen LogP contribution is -2.55. The second kappa shape index (κ2) is 12.5. The molecule has 1 aromatic carbocycles. The average Bonchev–Trinajstić information content (AvgIpc) is 3.42. The van der Waals surface area contributed by atoms with Gasteiger partial charge in [0.2, 0.25) is 5.91 Å². The van der Waals surface area contributed by atoms with Crippen LogP contribution in [-0.4, -0.2) is 89.9 Å². The van der Waals surface area contributed by atoms with Gasteiger partial charge in [0.25, 0.3) is 0 Å². The molecular formula is C31H38FN7O2S. The van der Waals surface area contributed by atoms with Gasteiger partial charge in [0.05, 0.1) is 30.8 Å². The fraction of sp³-hybridized carbons (Fsp3) is 0.548. The van der Waals surface area contributed by atoms with Gasteiger partial charge in [0.15, 0.2) is 0 Å². The molecule has 4 aliphatic heterocycles. The lowest BCUT2D eigenvalue weighted by atomic mass is 10.00. The zero-order valence-corrected chi connectivity index (χ0v) is 25.0. The van der Waals surface area contributed by atoms with Crippen LogP contribution < -0.4 is 14.5 Å². The fourth-order valence-corrected chi connectivity index (χ4v) is 7.79. The van der Waals surface area contributed by atoms with E-state index in [0.717, 1.165) is 72.2 Å². The summed E-state index contributed by atoms with van der Waals surface area (Å²) in [5.74, 6) is 1.48. The Morgan fingerprint density at radius 1 is 1.17 bits per heavy atom. The van der Waals surface area contributed by atoms with Crippen LogP contribution in [0, 0.1) is 17.1 Å². The molecule has 2 aromatic rings. The molecule has 2 atom stereocenters. The highest BCUT2D eigenvalue weighted by atomic mass is 32.2. The molecule has 11 heteroatoms. The van der Waals surface area contributed by atoms with Crippen molar-refractivity contribution in [2.75, 3.05) is 61.9 Å². The second-order valence-corrected chi connectivity index (χ2v) is 12.7. The first-order valence-electron chi connectivity index (χ1n) is 14.9. The molecule has 2 saturated heterocycles. The number of nitrogens with zero attached hydrogens (tertiary/aromatic N) is 7. The summed E-state index contributed by atoms with van der Waals surface area (Å²) in [7, 11) is 2.12. The molecule has 9 nitrogen and oxygen atoms in total. The molecule has 5 heterocycles. The number of fused-ring (bicyclic) bond motifs is 2. The van der Waals surface area contributed by atoms with Crippen molar-refractivity contribution in [3.05, 3.63) is 47.4 Å². The third kappa shape index (κ3) is 5.79. The third-order valence-electron chi connectivity index (χ3n) is 8.99. The van der Waals surface area contributed by atoms with Crippen molar-refractivity contribution >= 4 is 29.2 Å². The lowest BCUT2D eigenvalue weighted by molar-refractivity contribution is -0.128. The van der Waals surface area contributed by atoms with E-state index in [4.69, 9.17) is 14.7 Å². The van der Waals surface area contributed by atoms with Gasteiger partial charge in [-0.2, -0.15) is 15.2 Å². The van der Waals surface area contributed by atoms with Crippen molar-refractivity contribution in [3.63, 3.8) is 0 Å². The molecule has 6 rings (SSSR count). The number of carbonyl (C=O) groups is 1. The van der Waals surface area contributed by atoms with E-state index in [2.05, 4.69) is 34.4 Å². The van der Waals surface area contributed by atoms with Gasteiger partial charge >= 0.3 is 6.01 Å². The number of anilines is 2. The molecule has 222 valence electrons. The summed E-state index contributed by atoms with van der Waals surface area (Å²) in [6, 6.07) is 6.01. The zero-order valence-electron chi connectivity index (χ0n) is 24.2. The molecule has 0 aliphatic carbocycles. The fourth-order valence-electron chi connectivity index (χ4n) is 6.71. The maximum Gasteiger partial charge on any atom is 0.318 e. The topological polar surface area (TPSA) is 88.8 Å². The standard InChI is InChI=1S/C31H38FN7O2S/c1-3-29(40)39-14-13-38(18-22(39)8-10-33)30-24-9-12-37(27-16-21(32)17-28-25(27)7-5-15-42-28)19-26(24)34-31(35-30)41-20-23-6-4-11-36(23)2/h3,16-17,22-23H,1,4-9,11-15,18-20H2,2H3/t22-,23-/m0/s1. The van der Waals surface area contributed by atoms with Crippen LogP contribution in [0.25, 0.3) is 0 Å². The van der Waals surface area contributed by atoms with Crippen molar-refractivity contribution in [1.82, 2.24) is 19.8 Å². The molecule has 0 saturated carbocycles. The highest BCUT2D eigenvalue weighted by Gasteiger charge is 2.34. The van der Waals surface area contributed by atoms with Crippen LogP contribution in [0.2, 0.25) is 0 Å². The van der Waals surface area contributed by atoms with E-state index in [-0.39, 0.29) is 24.2 Å². The first-order chi connectivity index (χ1) is 20.4. The van der Waals surface area contributed by atoms with Crippen LogP contribution in [0.5, 0.6) is 6.01 Å². The number of ether oxygens (including phenoxy) is 1. The lowest BCUT2D eigenvalue weighted by Gasteiger charge is -2.42. The first kappa shape index (κ1) is 28.7. The average molecular weight is 592 g/mol. The SMILES string of the molecule is C=CC(=O)N1CCN(c2nc(OC[C@@H]3CCCN3C)nc3c2CCN(c2cc(F)cc4c2CCCS4)C3)C[C@@H]1CC#N. The Balaban J connectivity index is 1.32. The summed E-state index contributed by atoms with van der Waals surface area (Å²) in [5.41, 5.74) is 4.15. The zero-order chi connectivity index (χ0) is 29.2. The van der Waals surface area contributed by atoms with Gasteiger partial charge in [-0.05, 0) is 75.2 Å². The van der Waals surface area contributed by atoms with Crippen molar-refractivity contribution in [3.8, 4) is 12.1 Å². The number of piperazine rings is 1. The molecule has 0 bridgehead atoms. The summed E-state index contributed by atoms with van der Waals surface area (Å²) in [4.78, 5) is 31.9. The predicted octanol–water partition coefficient (Wildman–Crippen LogP) is 3.81. The van der Waals surface area contributed by atoms with Gasteiger partial charge in [0, 0.05) is 48.4 Å². The molecule has 1 amide bonds. The Bertz CT molecular complexity index is 1400. The minimum Gasteiger partial charge on any atom is -0.462 e. The van der Waals surface area contributed by atoms with E-state index in [1.54, 1.807) is 28.8 Å². The Labute approximate surface area is 251 Å². The largest absolute Gasteiger partial charge is 0.462 e. The number of halogens is 1. The molecule has 2 fully saturated rings. The first-order valence-corrected chi connectivity index (χ1v) is 15.9. The number of amides is 1. The Morgan fingerprint density at radius 3 is 2.83 bits per heavy atom. The van der Waals surface area contributed by atoms with E-state index >= 15 is 0 Å². The second-order valence-electron chi connectivity index (χ2n) is 11.6. The van der Waals surface area contributed by atoms with Crippen LogP contribution in [0.3, 0.4) is 0 Å². The molecule has 42 heavy (non-hydrogen) atoms. The number of thioether (sulfide) groups is 1. The van der Waals surface area contributed by atoms with Crippen LogP contribution in [0.15, 0.2) is 29.7 Å². The Morgan fingerprint density at radius 2 is 2.05 bits per heavy atom. The number of hydrogen-bond acceptors (Lipinski definition) is 9. The van der Waals surface area contributed by atoms with Gasteiger partial charge in [0.1, 0.15) is 18.2 Å². The van der Waals surface area contributed by atoms with Crippen LogP contribution in [0.4, 0.5) is 15.9 Å². The van der Waals surface area contributed by atoms with E-state index in [0.29, 0.717) is 51.3 Å². The third-order valence-corrected chi connectivity index (χ3v) is 10.2. The van der Waals surface area contributed by atoms with Crippen molar-refractivity contribution in [2.24, 2.45) is 0 Å². The van der Waals surface area contributed by atoms with Crippen LogP contribution >= 0.6 is 11.8 Å². The minimum absolute atomic E-state index is 0.156. The van der Waals surface area contributed by atoms with E-state index in [9.17, 15) is 14.4 Å². The molecule has 0 N–H and O–H groups in total. The van der Waals surface area contributed by atoms with Crippen molar-refractivity contribution < 1.29 is 13.9 Å². The summed E-state index contributed by atoms with van der Waals surface area (Å²) in [6.07, 6.45) is 6.54. The number of likely N-dealkylation sites (tertiary alicyclic amines) is 1. The summed E-state index contributed by atoms with van der Waals surface area (Å²) in [5, 5.41) is 9.50. The number of benzene rings is 1. The number of hydrogen-bond donors (Lipinski definition) is 0. The Kier molecular flexibility index (Phi) is 8.54. The molecule has 0 spiro atoms. The van der Waals surface area contributed by atoms with Crippen LogP contribution in [-0.2, 0) is 24.2 Å². The summed E-state index contributed by atoms with van der Waals surface area (Å²) in [6.45, 7) is 8.07. The van der Waals surface area contributed by atoms with Gasteiger partial charge in [-0.3, -0.25) is 4.79 Å². The highest BCUT2D eigenvalue weighted by molar-refractivity contribution is 7.99. The van der Waals surface area contributed by atoms with Gasteiger partial charge in [-0.25, -0.2) is 4.39 Å². The Hall–Kier alpha value is -3.36. The number of nitriles is 1. The molecule has 4 aliphatic rings. The normalized spacial score (nSPS) is 22.4. The molecule has 0 radical (unpaired) electrons. The number of rotatable bonds is 7. The number of likely N-dealkylation sites (N-methyl/N-ethyl adjacent to an activating group) is 1. The van der Waals surface area contributed by atoms with Gasteiger partial charge in [-0.1, -0.05) is 6.58 Å². The summed E-state index contributed by atoms with van der Waals surface area (Å²) < 4.78 is 21.0. The van der Waals surface area contributed by atoms with E-state index in [1.165, 1.54) is 11.6 Å². The quantitative estimate of drug-likeness (QED) is 0.446. The van der Waals surface area contributed by atoms with E-state index < -0.39 is 0 Å². The summed E-state index contributed by atoms with van der Waals surface area (Å²) >= 11 is 1.74. The number of carbonyl (C=O) groups excluding carboxylic acids is 1. The monoisotopic (exact) mass is 591 g/mol. The van der Waals surface area contributed by atoms with Crippen molar-refractivity contribution in [1.29, 1.82) is 5.26 Å². The van der Waals surface area contributed by atoms with Crippen LogP contribution in [0.1, 0.15) is 42.5 Å². The van der Waals surface area contributed by atoms with E-state index in [1.807, 2.05) is 0 Å². The number of aromatic nitrogens is 2. The smallest absolute Gasteiger partial charge is 0.318 e. The molecule has 0 unspecified atom stereocenters. The van der Waals surface area contributed by atoms with Gasteiger partial charge < -0.3 is 24.3 Å². The maximum atomic E-state index is 14.7. The minimum atomic E-state index is -0.257. The van der Waals surface area contributed by atoms with Crippen molar-refractivity contribution in [2.45, 2.75) is 62.0 Å². The predicted molar refractivity (Wildman–Crippen MR) is 162 cm³/mol.